The Kier molecular flexibility index (Phi) is 4.72. The lowest BCUT2D eigenvalue weighted by molar-refractivity contribution is 0.589. The Morgan fingerprint density at radius 2 is 1.95 bits per heavy atom. The zero-order valence-corrected chi connectivity index (χ0v) is 12.7. The standard InChI is InChI=1S/C12H10BrClF2N4/c1-2-17-12-18-5-7(14)11(20-12)19-10-8(15)3-6(13)4-9(10)16/h3-5H,2H2,1H3,(H2,17,18,19,20). The van der Waals surface area contributed by atoms with E-state index in [4.69, 9.17) is 11.6 Å². The number of hydrogen-bond donors (Lipinski definition) is 2. The summed E-state index contributed by atoms with van der Waals surface area (Å²) in [6, 6.07) is 2.29. The smallest absolute Gasteiger partial charge is 0.224 e. The molecular weight excluding hydrogens is 354 g/mol. The molecule has 0 spiro atoms. The van der Waals surface area contributed by atoms with Crippen LogP contribution in [0.3, 0.4) is 0 Å². The van der Waals surface area contributed by atoms with Crippen molar-refractivity contribution >= 4 is 45.0 Å². The second-order valence-electron chi connectivity index (χ2n) is 3.79. The van der Waals surface area contributed by atoms with E-state index in [1.165, 1.54) is 6.20 Å². The third kappa shape index (κ3) is 3.34. The van der Waals surface area contributed by atoms with E-state index in [1.54, 1.807) is 0 Å². The molecule has 0 bridgehead atoms. The Balaban J connectivity index is 2.37. The Morgan fingerprint density at radius 3 is 2.55 bits per heavy atom. The second-order valence-corrected chi connectivity index (χ2v) is 5.11. The van der Waals surface area contributed by atoms with E-state index in [9.17, 15) is 8.78 Å². The van der Waals surface area contributed by atoms with Gasteiger partial charge in [0.05, 0.1) is 6.20 Å². The molecule has 0 fully saturated rings. The van der Waals surface area contributed by atoms with Gasteiger partial charge >= 0.3 is 0 Å². The molecule has 2 N–H and O–H groups in total. The van der Waals surface area contributed by atoms with Gasteiger partial charge in [0.1, 0.15) is 10.7 Å². The van der Waals surface area contributed by atoms with Gasteiger partial charge in [-0.05, 0) is 19.1 Å². The van der Waals surface area contributed by atoms with Crippen LogP contribution in [0.25, 0.3) is 0 Å². The normalized spacial score (nSPS) is 10.4. The number of benzene rings is 1. The number of anilines is 3. The van der Waals surface area contributed by atoms with Gasteiger partial charge in [0, 0.05) is 11.0 Å². The quantitative estimate of drug-likeness (QED) is 0.848. The molecule has 1 heterocycles. The highest BCUT2D eigenvalue weighted by Crippen LogP contribution is 2.29. The molecule has 2 rings (SSSR count). The summed E-state index contributed by atoms with van der Waals surface area (Å²) in [6.45, 7) is 2.49. The molecule has 0 aliphatic carbocycles. The first-order valence-electron chi connectivity index (χ1n) is 5.69. The van der Waals surface area contributed by atoms with E-state index in [0.29, 0.717) is 17.0 Å². The minimum Gasteiger partial charge on any atom is -0.354 e. The van der Waals surface area contributed by atoms with Gasteiger partial charge < -0.3 is 10.6 Å². The number of nitrogens with zero attached hydrogens (tertiary/aromatic N) is 2. The van der Waals surface area contributed by atoms with Gasteiger partial charge in [0.25, 0.3) is 0 Å². The predicted octanol–water partition coefficient (Wildman–Crippen LogP) is 4.35. The Hall–Kier alpha value is -1.47. The van der Waals surface area contributed by atoms with Crippen LogP contribution in [0.2, 0.25) is 5.02 Å². The summed E-state index contributed by atoms with van der Waals surface area (Å²) in [6.07, 6.45) is 1.35. The van der Waals surface area contributed by atoms with E-state index in [2.05, 4.69) is 36.5 Å². The number of nitrogens with one attached hydrogen (secondary N) is 2. The molecule has 20 heavy (non-hydrogen) atoms. The fraction of sp³-hybridized carbons (Fsp3) is 0.167. The van der Waals surface area contributed by atoms with Crippen LogP contribution >= 0.6 is 27.5 Å². The number of aromatic nitrogens is 2. The maximum atomic E-state index is 13.7. The average Bonchev–Trinajstić information content (AvgIpc) is 2.37. The zero-order chi connectivity index (χ0) is 14.7. The molecule has 0 atom stereocenters. The Labute approximate surface area is 127 Å². The number of hydrogen-bond acceptors (Lipinski definition) is 4. The SMILES string of the molecule is CCNc1ncc(Cl)c(Nc2c(F)cc(Br)cc2F)n1. The molecule has 8 heteroatoms. The molecule has 0 aliphatic rings. The van der Waals surface area contributed by atoms with Crippen molar-refractivity contribution in [3.63, 3.8) is 0 Å². The van der Waals surface area contributed by atoms with Crippen molar-refractivity contribution in [2.45, 2.75) is 6.92 Å². The van der Waals surface area contributed by atoms with Gasteiger partial charge in [-0.25, -0.2) is 13.8 Å². The first-order valence-corrected chi connectivity index (χ1v) is 6.86. The minimum atomic E-state index is -0.753. The lowest BCUT2D eigenvalue weighted by Crippen LogP contribution is -2.06. The molecule has 2 aromatic rings. The van der Waals surface area contributed by atoms with Gasteiger partial charge in [-0.15, -0.1) is 0 Å². The molecule has 1 aromatic carbocycles. The fourth-order valence-electron chi connectivity index (χ4n) is 1.48. The topological polar surface area (TPSA) is 49.8 Å². The summed E-state index contributed by atoms with van der Waals surface area (Å²) < 4.78 is 27.8. The van der Waals surface area contributed by atoms with E-state index >= 15 is 0 Å². The molecule has 0 saturated carbocycles. The van der Waals surface area contributed by atoms with E-state index < -0.39 is 11.6 Å². The van der Waals surface area contributed by atoms with Crippen LogP contribution in [0.4, 0.5) is 26.2 Å². The monoisotopic (exact) mass is 362 g/mol. The van der Waals surface area contributed by atoms with E-state index in [0.717, 1.165) is 12.1 Å². The van der Waals surface area contributed by atoms with Gasteiger partial charge in [0.15, 0.2) is 17.5 Å². The molecule has 4 nitrogen and oxygen atoms in total. The van der Waals surface area contributed by atoms with Crippen LogP contribution in [0.5, 0.6) is 0 Å². The van der Waals surface area contributed by atoms with Crippen LogP contribution in [0.1, 0.15) is 6.92 Å². The van der Waals surface area contributed by atoms with Crippen LogP contribution in [-0.4, -0.2) is 16.5 Å². The zero-order valence-electron chi connectivity index (χ0n) is 10.3. The van der Waals surface area contributed by atoms with Gasteiger partial charge in [-0.2, -0.15) is 4.98 Å². The number of rotatable bonds is 4. The van der Waals surface area contributed by atoms with Crippen molar-refractivity contribution in [2.24, 2.45) is 0 Å². The van der Waals surface area contributed by atoms with Crippen molar-refractivity contribution < 1.29 is 8.78 Å². The highest BCUT2D eigenvalue weighted by atomic mass is 79.9. The highest BCUT2D eigenvalue weighted by Gasteiger charge is 2.13. The summed E-state index contributed by atoms with van der Waals surface area (Å²) >= 11 is 8.92. The summed E-state index contributed by atoms with van der Waals surface area (Å²) in [5, 5.41) is 5.58. The molecule has 0 aliphatic heterocycles. The van der Waals surface area contributed by atoms with Crippen molar-refractivity contribution in [3.05, 3.63) is 39.5 Å². The van der Waals surface area contributed by atoms with E-state index in [-0.39, 0.29) is 16.5 Å². The minimum absolute atomic E-state index is 0.123. The Morgan fingerprint density at radius 1 is 1.30 bits per heavy atom. The summed E-state index contributed by atoms with van der Waals surface area (Å²) in [5.41, 5.74) is -0.323. The van der Waals surface area contributed by atoms with Crippen molar-refractivity contribution in [3.8, 4) is 0 Å². The van der Waals surface area contributed by atoms with Crippen LogP contribution in [0, 0.1) is 11.6 Å². The molecule has 1 aromatic heterocycles. The average molecular weight is 364 g/mol. The lowest BCUT2D eigenvalue weighted by atomic mass is 10.3. The summed E-state index contributed by atoms with van der Waals surface area (Å²) in [5.74, 6) is -1.07. The third-order valence-corrected chi connectivity index (χ3v) is 3.06. The summed E-state index contributed by atoms with van der Waals surface area (Å²) in [7, 11) is 0. The first-order chi connectivity index (χ1) is 9.51. The van der Waals surface area contributed by atoms with Crippen LogP contribution < -0.4 is 10.6 Å². The highest BCUT2D eigenvalue weighted by molar-refractivity contribution is 9.10. The van der Waals surface area contributed by atoms with Crippen molar-refractivity contribution in [1.82, 2.24) is 9.97 Å². The molecule has 0 unspecified atom stereocenters. The fourth-order valence-corrected chi connectivity index (χ4v) is 2.02. The van der Waals surface area contributed by atoms with Crippen molar-refractivity contribution in [1.29, 1.82) is 0 Å². The molecule has 0 radical (unpaired) electrons. The van der Waals surface area contributed by atoms with Crippen molar-refractivity contribution in [2.75, 3.05) is 17.2 Å². The van der Waals surface area contributed by atoms with E-state index in [1.807, 2.05) is 6.92 Å². The number of halogens is 4. The molecule has 0 amide bonds. The third-order valence-electron chi connectivity index (χ3n) is 2.33. The molecular formula is C12H10BrClF2N4. The lowest BCUT2D eigenvalue weighted by Gasteiger charge is -2.11. The second kappa shape index (κ2) is 6.32. The van der Waals surface area contributed by atoms with Crippen LogP contribution in [0.15, 0.2) is 22.8 Å². The largest absolute Gasteiger partial charge is 0.354 e. The Bertz CT molecular complexity index is 616. The molecule has 0 saturated heterocycles. The van der Waals surface area contributed by atoms with Gasteiger partial charge in [-0.1, -0.05) is 27.5 Å². The summed E-state index contributed by atoms with van der Waals surface area (Å²) in [4.78, 5) is 7.99. The first kappa shape index (κ1) is 14.9. The van der Waals surface area contributed by atoms with Gasteiger partial charge in [-0.3, -0.25) is 0 Å². The predicted molar refractivity (Wildman–Crippen MR) is 78.5 cm³/mol. The maximum absolute atomic E-state index is 13.7. The maximum Gasteiger partial charge on any atom is 0.224 e. The molecule has 106 valence electrons. The van der Waals surface area contributed by atoms with Gasteiger partial charge in [0.2, 0.25) is 5.95 Å². The van der Waals surface area contributed by atoms with Crippen LogP contribution in [-0.2, 0) is 0 Å².